The highest BCUT2D eigenvalue weighted by molar-refractivity contribution is 7.98. The highest BCUT2D eigenvalue weighted by Gasteiger charge is 2.30. The lowest BCUT2D eigenvalue weighted by atomic mass is 10.2. The smallest absolute Gasteiger partial charge is 0.411 e. The van der Waals surface area contributed by atoms with Crippen LogP contribution in [0.5, 0.6) is 0 Å². The van der Waals surface area contributed by atoms with Crippen LogP contribution in [0.4, 0.5) is 30.6 Å². The number of oxime groups is 1. The van der Waals surface area contributed by atoms with Gasteiger partial charge in [-0.2, -0.15) is 18.2 Å². The zero-order chi connectivity index (χ0) is 20.0. The van der Waals surface area contributed by atoms with Crippen LogP contribution in [0.15, 0.2) is 34.4 Å². The van der Waals surface area contributed by atoms with Crippen molar-refractivity contribution in [2.75, 3.05) is 29.2 Å². The monoisotopic (exact) mass is 400 g/mol. The summed E-state index contributed by atoms with van der Waals surface area (Å²) in [5, 5.41) is 17.2. The van der Waals surface area contributed by atoms with Crippen molar-refractivity contribution in [2.24, 2.45) is 5.16 Å². The minimum atomic E-state index is -4.51. The molecule has 2 rings (SSSR count). The molecule has 1 aromatic heterocycles. The van der Waals surface area contributed by atoms with E-state index in [4.69, 9.17) is 10.9 Å². The van der Waals surface area contributed by atoms with Gasteiger partial charge in [0.25, 0.3) is 0 Å². The van der Waals surface area contributed by atoms with Crippen LogP contribution < -0.4 is 16.4 Å². The van der Waals surface area contributed by atoms with Crippen LogP contribution in [0, 0.1) is 0 Å². The molecule has 144 valence electrons. The summed E-state index contributed by atoms with van der Waals surface area (Å²) >= 11 is 1.22. The summed E-state index contributed by atoms with van der Waals surface area (Å²) in [5.74, 6) is -0.525. The number of benzene rings is 1. The quantitative estimate of drug-likeness (QED) is 0.193. The zero-order valence-corrected chi connectivity index (χ0v) is 14.7. The maximum absolute atomic E-state index is 12.7. The Morgan fingerprint density at radius 3 is 2.78 bits per heavy atom. The fourth-order valence-corrected chi connectivity index (χ4v) is 2.63. The van der Waals surface area contributed by atoms with Crippen molar-refractivity contribution in [3.8, 4) is 0 Å². The number of hydrogen-bond acceptors (Lipinski definition) is 8. The summed E-state index contributed by atoms with van der Waals surface area (Å²) in [6, 6.07) is 4.27. The lowest BCUT2D eigenvalue weighted by Gasteiger charge is -2.12. The first-order valence-corrected chi connectivity index (χ1v) is 8.57. The molecule has 0 bridgehead atoms. The number of carbonyl (C=O) groups excluding carboxylic acids is 1. The lowest BCUT2D eigenvalue weighted by Crippen LogP contribution is -2.23. The summed E-state index contributed by atoms with van der Waals surface area (Å²) in [4.78, 5) is 20.0. The number of nitrogen functional groups attached to an aromatic ring is 1. The van der Waals surface area contributed by atoms with Gasteiger partial charge in [-0.15, -0.1) is 11.8 Å². The average molecular weight is 400 g/mol. The normalized spacial score (nSPS) is 11.6. The summed E-state index contributed by atoms with van der Waals surface area (Å²) < 4.78 is 38.1. The Morgan fingerprint density at radius 2 is 2.15 bits per heavy atom. The Balaban J connectivity index is 2.11. The molecule has 8 nitrogen and oxygen atoms in total. The van der Waals surface area contributed by atoms with Crippen molar-refractivity contribution >= 4 is 41.3 Å². The first-order chi connectivity index (χ1) is 12.7. The van der Waals surface area contributed by atoms with Crippen LogP contribution in [0.2, 0.25) is 0 Å². The number of anilines is 3. The minimum Gasteiger partial charge on any atom is -0.411 e. The van der Waals surface area contributed by atoms with Gasteiger partial charge in [0, 0.05) is 5.69 Å². The second kappa shape index (κ2) is 8.58. The molecule has 1 amide bonds. The summed E-state index contributed by atoms with van der Waals surface area (Å²) in [7, 11) is 0. The number of nitrogens with two attached hydrogens (primary N) is 1. The zero-order valence-electron chi connectivity index (χ0n) is 13.9. The Labute approximate surface area is 156 Å². The maximum Gasteiger partial charge on any atom is 0.416 e. The molecule has 0 saturated heterocycles. The maximum atomic E-state index is 12.7. The Bertz CT molecular complexity index is 860. The predicted octanol–water partition coefficient (Wildman–Crippen LogP) is 2.66. The van der Waals surface area contributed by atoms with Crippen LogP contribution in [0.3, 0.4) is 0 Å². The first-order valence-electron chi connectivity index (χ1n) is 7.34. The van der Waals surface area contributed by atoms with Gasteiger partial charge >= 0.3 is 6.18 Å². The molecule has 0 spiro atoms. The molecule has 0 unspecified atom stereocenters. The van der Waals surface area contributed by atoms with E-state index in [0.717, 1.165) is 18.3 Å². The molecule has 1 aromatic carbocycles. The van der Waals surface area contributed by atoms with Crippen molar-refractivity contribution in [3.05, 3.63) is 35.4 Å². The SMILES string of the molecule is CSc1nc(N)nc(NCC(=O)Nc2cccc(C(F)(F)F)c2)c1C=NO. The van der Waals surface area contributed by atoms with Gasteiger partial charge in [-0.05, 0) is 24.5 Å². The Kier molecular flexibility index (Phi) is 6.45. The van der Waals surface area contributed by atoms with Crippen LogP contribution in [0.25, 0.3) is 0 Å². The van der Waals surface area contributed by atoms with Crippen LogP contribution in [-0.2, 0) is 11.0 Å². The molecule has 0 aliphatic rings. The molecule has 0 fully saturated rings. The molecule has 0 aliphatic heterocycles. The van der Waals surface area contributed by atoms with Gasteiger partial charge in [-0.25, -0.2) is 4.98 Å². The number of thioether (sulfide) groups is 1. The Morgan fingerprint density at radius 1 is 1.41 bits per heavy atom. The molecule has 12 heteroatoms. The van der Waals surface area contributed by atoms with Crippen molar-refractivity contribution in [1.82, 2.24) is 9.97 Å². The third kappa shape index (κ3) is 5.48. The molecule has 5 N–H and O–H groups in total. The second-order valence-electron chi connectivity index (χ2n) is 5.08. The van der Waals surface area contributed by atoms with Gasteiger partial charge in [0.15, 0.2) is 0 Å². The van der Waals surface area contributed by atoms with E-state index in [1.807, 2.05) is 0 Å². The van der Waals surface area contributed by atoms with Crippen molar-refractivity contribution in [2.45, 2.75) is 11.2 Å². The molecule has 0 atom stereocenters. The molecular formula is C15H15F3N6O2S. The van der Waals surface area contributed by atoms with Gasteiger partial charge in [-0.3, -0.25) is 4.79 Å². The van der Waals surface area contributed by atoms with E-state index >= 15 is 0 Å². The highest BCUT2D eigenvalue weighted by atomic mass is 32.2. The number of rotatable bonds is 6. The number of nitrogens with zero attached hydrogens (tertiary/aromatic N) is 3. The topological polar surface area (TPSA) is 126 Å². The van der Waals surface area contributed by atoms with Gasteiger partial charge in [-0.1, -0.05) is 11.2 Å². The molecule has 0 saturated carbocycles. The molecule has 2 aromatic rings. The van der Waals surface area contributed by atoms with E-state index in [1.165, 1.54) is 23.9 Å². The van der Waals surface area contributed by atoms with E-state index in [9.17, 15) is 18.0 Å². The van der Waals surface area contributed by atoms with Crippen molar-refractivity contribution < 1.29 is 23.2 Å². The minimum absolute atomic E-state index is 0.000716. The average Bonchev–Trinajstić information content (AvgIpc) is 2.61. The van der Waals surface area contributed by atoms with Gasteiger partial charge in [0.05, 0.1) is 23.9 Å². The number of hydrogen-bond donors (Lipinski definition) is 4. The standard InChI is InChI=1S/C15H15F3N6O2S/c1-27-13-10(6-21-26)12(23-14(19)24-13)20-7-11(25)22-9-4-2-3-8(5-9)15(16,17)18/h2-6,26H,7H2,1H3,(H,22,25)(H3,19,20,23,24). The molecule has 1 heterocycles. The largest absolute Gasteiger partial charge is 0.416 e. The van der Waals surface area contributed by atoms with Gasteiger partial charge in [0.2, 0.25) is 11.9 Å². The Hall–Kier alpha value is -3.02. The lowest BCUT2D eigenvalue weighted by molar-refractivity contribution is -0.137. The predicted molar refractivity (Wildman–Crippen MR) is 96.2 cm³/mol. The van der Waals surface area contributed by atoms with E-state index in [0.29, 0.717) is 10.6 Å². The fourth-order valence-electron chi connectivity index (χ4n) is 2.07. The van der Waals surface area contributed by atoms with Crippen molar-refractivity contribution in [3.63, 3.8) is 0 Å². The van der Waals surface area contributed by atoms with E-state index in [1.54, 1.807) is 6.26 Å². The molecule has 0 aliphatic carbocycles. The third-order valence-corrected chi connectivity index (χ3v) is 3.90. The van der Waals surface area contributed by atoms with Crippen LogP contribution in [0.1, 0.15) is 11.1 Å². The number of aromatic nitrogens is 2. The number of halogens is 3. The summed E-state index contributed by atoms with van der Waals surface area (Å²) in [5.41, 5.74) is 5.04. The van der Waals surface area contributed by atoms with Crippen LogP contribution >= 0.6 is 11.8 Å². The number of amides is 1. The van der Waals surface area contributed by atoms with E-state index in [2.05, 4.69) is 25.8 Å². The van der Waals surface area contributed by atoms with Gasteiger partial charge < -0.3 is 21.6 Å². The highest BCUT2D eigenvalue weighted by Crippen LogP contribution is 2.30. The summed E-state index contributed by atoms with van der Waals surface area (Å²) in [6.45, 7) is -0.313. The van der Waals surface area contributed by atoms with Crippen molar-refractivity contribution in [1.29, 1.82) is 0 Å². The third-order valence-electron chi connectivity index (χ3n) is 3.20. The molecular weight excluding hydrogens is 385 g/mol. The fraction of sp³-hybridized carbons (Fsp3) is 0.200. The van der Waals surface area contributed by atoms with E-state index in [-0.39, 0.29) is 24.0 Å². The van der Waals surface area contributed by atoms with Gasteiger partial charge in [0.1, 0.15) is 10.8 Å². The number of nitrogens with one attached hydrogen (secondary N) is 2. The van der Waals surface area contributed by atoms with Crippen LogP contribution in [-0.4, -0.2) is 40.1 Å². The first kappa shape index (κ1) is 20.3. The number of alkyl halides is 3. The molecule has 27 heavy (non-hydrogen) atoms. The summed E-state index contributed by atoms with van der Waals surface area (Å²) in [6.07, 6.45) is -1.71. The number of carbonyl (C=O) groups is 1. The van der Waals surface area contributed by atoms with E-state index < -0.39 is 17.6 Å². The molecule has 0 radical (unpaired) electrons. The second-order valence-corrected chi connectivity index (χ2v) is 5.87.